The van der Waals surface area contributed by atoms with Crippen LogP contribution < -0.4 is 16.0 Å². The first-order chi connectivity index (χ1) is 7.95. The molecule has 1 aromatic carbocycles. The summed E-state index contributed by atoms with van der Waals surface area (Å²) in [5.74, 6) is -0.0529. The molecule has 0 fully saturated rings. The van der Waals surface area contributed by atoms with Crippen LogP contribution in [0.15, 0.2) is 18.2 Å². The van der Waals surface area contributed by atoms with Crippen molar-refractivity contribution in [3.63, 3.8) is 0 Å². The quantitative estimate of drug-likeness (QED) is 0.778. The van der Waals surface area contributed by atoms with Gasteiger partial charge in [-0.1, -0.05) is 18.3 Å². The summed E-state index contributed by atoms with van der Waals surface area (Å²) in [5, 5.41) is 2.58. The highest BCUT2D eigenvalue weighted by Crippen LogP contribution is 2.21. The van der Waals surface area contributed by atoms with Crippen molar-refractivity contribution >= 4 is 28.8 Å². The van der Waals surface area contributed by atoms with Gasteiger partial charge >= 0.3 is 0 Å². The Labute approximate surface area is 107 Å². The van der Waals surface area contributed by atoms with Crippen molar-refractivity contribution in [1.29, 1.82) is 0 Å². The van der Waals surface area contributed by atoms with Crippen LogP contribution in [0.25, 0.3) is 0 Å². The number of nitrogens with two attached hydrogens (primary N) is 1. The van der Waals surface area contributed by atoms with Crippen LogP contribution in [0.5, 0.6) is 0 Å². The van der Waals surface area contributed by atoms with E-state index in [0.29, 0.717) is 4.99 Å². The molecular weight excluding hydrogens is 234 g/mol. The summed E-state index contributed by atoms with van der Waals surface area (Å²) >= 11 is 5.00. The highest BCUT2D eigenvalue weighted by molar-refractivity contribution is 7.80. The average Bonchev–Trinajstić information content (AvgIpc) is 2.28. The molecule has 1 rings (SSSR count). The summed E-state index contributed by atoms with van der Waals surface area (Å²) in [7, 11) is 3.45. The molecule has 0 unspecified atom stereocenters. The summed E-state index contributed by atoms with van der Waals surface area (Å²) in [6.07, 6.45) is 0. The smallest absolute Gasteiger partial charge is 0.239 e. The number of thiocarbonyl (C=S) groups is 1. The van der Waals surface area contributed by atoms with Crippen LogP contribution in [0.4, 0.5) is 5.69 Å². The second-order valence-electron chi connectivity index (χ2n) is 3.91. The van der Waals surface area contributed by atoms with E-state index in [1.807, 2.05) is 37.1 Å². The van der Waals surface area contributed by atoms with Gasteiger partial charge in [-0.2, -0.15) is 0 Å². The lowest BCUT2D eigenvalue weighted by Crippen LogP contribution is -2.34. The molecule has 0 heterocycles. The third-order valence-electron chi connectivity index (χ3n) is 2.49. The number of hydrogen-bond donors (Lipinski definition) is 2. The lowest BCUT2D eigenvalue weighted by atomic mass is 10.1. The van der Waals surface area contributed by atoms with Gasteiger partial charge in [0.1, 0.15) is 4.99 Å². The second kappa shape index (κ2) is 5.63. The van der Waals surface area contributed by atoms with Crippen molar-refractivity contribution in [1.82, 2.24) is 5.32 Å². The Balaban J connectivity index is 3.06. The number of carbonyl (C=O) groups excluding carboxylic acids is 1. The monoisotopic (exact) mass is 251 g/mol. The molecule has 0 saturated heterocycles. The molecule has 0 spiro atoms. The fraction of sp³-hybridized carbons (Fsp3) is 0.333. The average molecular weight is 251 g/mol. The van der Waals surface area contributed by atoms with E-state index in [1.165, 1.54) is 0 Å². The van der Waals surface area contributed by atoms with Crippen LogP contribution in [0, 0.1) is 6.92 Å². The number of aryl methyl sites for hydroxylation is 1. The van der Waals surface area contributed by atoms with E-state index in [0.717, 1.165) is 16.8 Å². The number of benzene rings is 1. The van der Waals surface area contributed by atoms with Crippen molar-refractivity contribution < 1.29 is 4.79 Å². The number of nitrogens with one attached hydrogen (secondary N) is 1. The van der Waals surface area contributed by atoms with Crippen LogP contribution in [-0.4, -0.2) is 31.5 Å². The summed E-state index contributed by atoms with van der Waals surface area (Å²) in [6.45, 7) is 2.26. The lowest BCUT2D eigenvalue weighted by molar-refractivity contribution is -0.119. The van der Waals surface area contributed by atoms with E-state index in [4.69, 9.17) is 18.0 Å². The maximum atomic E-state index is 11.3. The van der Waals surface area contributed by atoms with Crippen molar-refractivity contribution in [2.45, 2.75) is 6.92 Å². The zero-order valence-electron chi connectivity index (χ0n) is 10.3. The number of hydrogen-bond acceptors (Lipinski definition) is 3. The molecule has 3 N–H and O–H groups in total. The maximum absolute atomic E-state index is 11.3. The summed E-state index contributed by atoms with van der Waals surface area (Å²) in [6, 6.07) is 5.80. The minimum atomic E-state index is -0.0529. The maximum Gasteiger partial charge on any atom is 0.239 e. The Hall–Kier alpha value is -1.62. The summed E-state index contributed by atoms with van der Waals surface area (Å²) in [5.41, 5.74) is 8.44. The Kier molecular flexibility index (Phi) is 4.45. The van der Waals surface area contributed by atoms with Crippen LogP contribution in [0.2, 0.25) is 0 Å². The van der Waals surface area contributed by atoms with E-state index >= 15 is 0 Å². The zero-order valence-corrected chi connectivity index (χ0v) is 11.1. The third-order valence-corrected chi connectivity index (χ3v) is 2.71. The Morgan fingerprint density at radius 2 is 2.18 bits per heavy atom. The third kappa shape index (κ3) is 3.42. The van der Waals surface area contributed by atoms with E-state index in [1.54, 1.807) is 7.05 Å². The number of likely N-dealkylation sites (N-methyl/N-ethyl adjacent to an activating group) is 2. The molecule has 0 bridgehead atoms. The van der Waals surface area contributed by atoms with E-state index < -0.39 is 0 Å². The van der Waals surface area contributed by atoms with E-state index in [9.17, 15) is 4.79 Å². The Bertz CT molecular complexity index is 445. The Morgan fingerprint density at radius 3 is 2.71 bits per heavy atom. The standard InChI is InChI=1S/C12H17N3OS/c1-8-4-5-9(12(13)17)10(6-8)15(3)7-11(16)14-2/h4-6H,7H2,1-3H3,(H2,13,17)(H,14,16). The highest BCUT2D eigenvalue weighted by Gasteiger charge is 2.12. The van der Waals surface area contributed by atoms with Gasteiger partial charge in [-0.3, -0.25) is 4.79 Å². The van der Waals surface area contributed by atoms with Crippen molar-refractivity contribution in [2.24, 2.45) is 5.73 Å². The highest BCUT2D eigenvalue weighted by atomic mass is 32.1. The minimum Gasteiger partial charge on any atom is -0.389 e. The first-order valence-corrected chi connectivity index (χ1v) is 5.68. The predicted molar refractivity (Wildman–Crippen MR) is 74.4 cm³/mol. The SMILES string of the molecule is CNC(=O)CN(C)c1cc(C)ccc1C(N)=S. The lowest BCUT2D eigenvalue weighted by Gasteiger charge is -2.21. The number of anilines is 1. The van der Waals surface area contributed by atoms with Gasteiger partial charge in [0.25, 0.3) is 0 Å². The fourth-order valence-corrected chi connectivity index (χ4v) is 1.72. The molecule has 0 atom stereocenters. The molecule has 0 radical (unpaired) electrons. The topological polar surface area (TPSA) is 58.4 Å². The molecule has 0 aliphatic rings. The van der Waals surface area contributed by atoms with Crippen LogP contribution in [0.3, 0.4) is 0 Å². The fourth-order valence-electron chi connectivity index (χ4n) is 1.55. The van der Waals surface area contributed by atoms with Gasteiger partial charge in [-0.25, -0.2) is 0 Å². The van der Waals surface area contributed by atoms with Gasteiger partial charge in [-0.05, 0) is 24.6 Å². The van der Waals surface area contributed by atoms with E-state index in [-0.39, 0.29) is 12.5 Å². The van der Waals surface area contributed by atoms with E-state index in [2.05, 4.69) is 5.32 Å². The molecule has 92 valence electrons. The van der Waals surface area contributed by atoms with Gasteiger partial charge in [0.05, 0.1) is 6.54 Å². The normalized spacial score (nSPS) is 9.82. The molecule has 5 heteroatoms. The van der Waals surface area contributed by atoms with Gasteiger partial charge < -0.3 is 16.0 Å². The second-order valence-corrected chi connectivity index (χ2v) is 4.35. The predicted octanol–water partition coefficient (Wildman–Crippen LogP) is 0.811. The number of carbonyl (C=O) groups is 1. The molecule has 1 amide bonds. The zero-order chi connectivity index (χ0) is 13.0. The van der Waals surface area contributed by atoms with Gasteiger partial charge in [0, 0.05) is 25.3 Å². The molecule has 17 heavy (non-hydrogen) atoms. The number of nitrogens with zero attached hydrogens (tertiary/aromatic N) is 1. The van der Waals surface area contributed by atoms with Crippen molar-refractivity contribution in [2.75, 3.05) is 25.5 Å². The largest absolute Gasteiger partial charge is 0.389 e. The molecule has 0 aliphatic heterocycles. The number of rotatable bonds is 4. The number of amides is 1. The molecular formula is C12H17N3OS. The molecule has 0 saturated carbocycles. The van der Waals surface area contributed by atoms with Crippen LogP contribution >= 0.6 is 12.2 Å². The van der Waals surface area contributed by atoms with Gasteiger partial charge in [-0.15, -0.1) is 0 Å². The Morgan fingerprint density at radius 1 is 1.53 bits per heavy atom. The van der Waals surface area contributed by atoms with Crippen molar-refractivity contribution in [3.05, 3.63) is 29.3 Å². The molecule has 1 aromatic rings. The first kappa shape index (κ1) is 13.4. The molecule has 0 aromatic heterocycles. The first-order valence-electron chi connectivity index (χ1n) is 5.28. The molecule has 0 aliphatic carbocycles. The van der Waals surface area contributed by atoms with Crippen molar-refractivity contribution in [3.8, 4) is 0 Å². The summed E-state index contributed by atoms with van der Waals surface area (Å²) in [4.78, 5) is 13.5. The molecule has 4 nitrogen and oxygen atoms in total. The summed E-state index contributed by atoms with van der Waals surface area (Å²) < 4.78 is 0. The van der Waals surface area contributed by atoms with Gasteiger partial charge in [0.15, 0.2) is 0 Å². The van der Waals surface area contributed by atoms with Crippen LogP contribution in [0.1, 0.15) is 11.1 Å². The van der Waals surface area contributed by atoms with Gasteiger partial charge in [0.2, 0.25) is 5.91 Å². The minimum absolute atomic E-state index is 0.0529. The van der Waals surface area contributed by atoms with Crippen LogP contribution in [-0.2, 0) is 4.79 Å².